The van der Waals surface area contributed by atoms with Gasteiger partial charge in [0.25, 0.3) is 18.3 Å². The average molecular weight is 487 g/mol. The first-order valence-corrected chi connectivity index (χ1v) is 10.0. The highest BCUT2D eigenvalue weighted by Gasteiger charge is 2.53. The number of halogens is 1. The molecule has 0 spiro atoms. The number of alkyl halides is 1. The summed E-state index contributed by atoms with van der Waals surface area (Å²) in [6.45, 7) is 0.0864. The molecule has 0 aromatic heterocycles. The number of aliphatic carboxylic acids is 1. The predicted octanol–water partition coefficient (Wildman–Crippen LogP) is 0.726. The first-order valence-electron chi connectivity index (χ1n) is 7.95. The number of carbonyl (C=O) groups excluding carboxylic acids is 4. The van der Waals surface area contributed by atoms with Crippen molar-refractivity contribution in [3.05, 3.63) is 47.4 Å². The number of rotatable bonds is 10. The average Bonchev–Trinajstić information content (AvgIpc) is 2.72. The number of aliphatic hydroxyl groups is 1. The molecule has 0 bridgehead atoms. The molecule has 0 radical (unpaired) electrons. The lowest BCUT2D eigenvalue weighted by Crippen LogP contribution is -2.70. The zero-order valence-electron chi connectivity index (χ0n) is 14.6. The fourth-order valence-electron chi connectivity index (χ4n) is 2.66. The summed E-state index contributed by atoms with van der Waals surface area (Å²) in [5, 5.41) is 20.1. The quantitative estimate of drug-likeness (QED) is 0.143. The Kier molecular flexibility index (Phi) is 7.79. The van der Waals surface area contributed by atoms with Gasteiger partial charge < -0.3 is 20.3 Å². The predicted molar refractivity (Wildman–Crippen MR) is 104 cm³/mol. The fourth-order valence-corrected chi connectivity index (χ4v) is 3.72. The maximum absolute atomic E-state index is 12.6. The molecule has 3 N–H and O–H groups in total. The number of carboxylic acids is 1. The highest BCUT2D eigenvalue weighted by molar-refractivity contribution is 9.09. The van der Waals surface area contributed by atoms with Crippen LogP contribution >= 0.6 is 27.7 Å². The second-order valence-corrected chi connectivity index (χ2v) is 7.08. The molecule has 1 aromatic carbocycles. The van der Waals surface area contributed by atoms with Crippen molar-refractivity contribution < 1.29 is 38.9 Å². The van der Waals surface area contributed by atoms with E-state index in [1.165, 1.54) is 0 Å². The molecule has 3 unspecified atom stereocenters. The van der Waals surface area contributed by atoms with E-state index in [1.807, 2.05) is 0 Å². The topological polar surface area (TPSA) is 150 Å². The number of thioether (sulfide) groups is 1. The minimum absolute atomic E-state index is 0.0864. The van der Waals surface area contributed by atoms with Gasteiger partial charge in [0.2, 0.25) is 6.10 Å². The van der Waals surface area contributed by atoms with Gasteiger partial charge in [-0.1, -0.05) is 58.0 Å². The monoisotopic (exact) mass is 486 g/mol. The number of carboxylic acid groups (broad SMARTS) is 1. The lowest BCUT2D eigenvalue weighted by molar-refractivity contribution is -0.154. The molecule has 3 atom stereocenters. The summed E-state index contributed by atoms with van der Waals surface area (Å²) >= 11 is 3.45. The minimum atomic E-state index is -1.58. The Morgan fingerprint density at radius 1 is 1.28 bits per heavy atom. The van der Waals surface area contributed by atoms with Gasteiger partial charge >= 0.3 is 5.97 Å². The van der Waals surface area contributed by atoms with Gasteiger partial charge in [-0.05, 0) is 0 Å². The highest BCUT2D eigenvalue weighted by atomic mass is 79.9. The van der Waals surface area contributed by atoms with E-state index in [4.69, 9.17) is 4.74 Å². The van der Waals surface area contributed by atoms with E-state index in [-0.39, 0.29) is 11.8 Å². The van der Waals surface area contributed by atoms with Gasteiger partial charge in [-0.3, -0.25) is 24.1 Å². The summed E-state index contributed by atoms with van der Waals surface area (Å²) in [4.78, 5) is 59.0. The van der Waals surface area contributed by atoms with Crippen molar-refractivity contribution in [3.8, 4) is 0 Å². The Labute approximate surface area is 177 Å². The molecule has 1 heterocycles. The van der Waals surface area contributed by atoms with Crippen molar-refractivity contribution in [1.29, 1.82) is 0 Å². The van der Waals surface area contributed by atoms with Crippen molar-refractivity contribution in [2.45, 2.75) is 17.5 Å². The van der Waals surface area contributed by atoms with Crippen LogP contribution in [-0.4, -0.2) is 61.7 Å². The summed E-state index contributed by atoms with van der Waals surface area (Å²) in [5.74, 6) is -3.88. The van der Waals surface area contributed by atoms with E-state index in [0.29, 0.717) is 27.8 Å². The molecule has 154 valence electrons. The molecule has 1 aliphatic heterocycles. The molecule has 1 fully saturated rings. The molecule has 1 aliphatic rings. The molecule has 0 saturated carbocycles. The maximum atomic E-state index is 12.6. The first kappa shape index (κ1) is 22.4. The number of amides is 2. The number of nitrogens with zero attached hydrogens (tertiary/aromatic N) is 1. The van der Waals surface area contributed by atoms with Gasteiger partial charge in [-0.2, -0.15) is 0 Å². The molecule has 12 heteroatoms. The van der Waals surface area contributed by atoms with Gasteiger partial charge in [-0.25, -0.2) is 4.79 Å². The van der Waals surface area contributed by atoms with E-state index in [9.17, 15) is 34.2 Å². The summed E-state index contributed by atoms with van der Waals surface area (Å²) in [7, 11) is 0. The van der Waals surface area contributed by atoms with Crippen LogP contribution in [0.15, 0.2) is 41.8 Å². The number of aliphatic hydroxyl groups excluding tert-OH is 1. The van der Waals surface area contributed by atoms with Crippen molar-refractivity contribution >= 4 is 57.6 Å². The molecule has 0 aliphatic carbocycles. The Morgan fingerprint density at radius 3 is 2.45 bits per heavy atom. The van der Waals surface area contributed by atoms with Crippen molar-refractivity contribution in [3.63, 3.8) is 0 Å². The summed E-state index contributed by atoms with van der Waals surface area (Å²) in [6, 6.07) is 6.76. The number of β-lactam (4-membered cyclic amide) rings is 1. The first-order chi connectivity index (χ1) is 13.9. The standard InChI is InChI=1S/C17H15BrN2O8S/c18-6-10(23)12(17(26)27)20-15(25)11(16(20)29-8-22)19-14(24)13(28-7-21)9-4-2-1-3-5-9/h1-5,7-8,11,13,16,23H,6H2,(H,19,24)(H,26,27). The summed E-state index contributed by atoms with van der Waals surface area (Å²) in [5.41, 5.74) is 0.0219. The molecule has 2 amide bonds. The Balaban J connectivity index is 2.27. The molecule has 29 heavy (non-hydrogen) atoms. The summed E-state index contributed by atoms with van der Waals surface area (Å²) in [6.07, 6.45) is -1.34. The van der Waals surface area contributed by atoms with Gasteiger partial charge in [0, 0.05) is 5.56 Å². The van der Waals surface area contributed by atoms with Crippen molar-refractivity contribution in [1.82, 2.24) is 10.2 Å². The third-order valence-corrected chi connectivity index (χ3v) is 5.32. The maximum Gasteiger partial charge on any atom is 0.356 e. The van der Waals surface area contributed by atoms with E-state index < -0.39 is 46.8 Å². The van der Waals surface area contributed by atoms with Gasteiger partial charge in [0.1, 0.15) is 17.2 Å². The van der Waals surface area contributed by atoms with Gasteiger partial charge in [0.15, 0.2) is 11.3 Å². The van der Waals surface area contributed by atoms with Crippen molar-refractivity contribution in [2.75, 3.05) is 5.33 Å². The van der Waals surface area contributed by atoms with E-state index in [1.54, 1.807) is 30.3 Å². The third-order valence-electron chi connectivity index (χ3n) is 3.91. The van der Waals surface area contributed by atoms with Gasteiger partial charge in [0.05, 0.1) is 5.33 Å². The van der Waals surface area contributed by atoms with Gasteiger partial charge in [-0.15, -0.1) is 0 Å². The number of hydrogen-bond donors (Lipinski definition) is 3. The van der Waals surface area contributed by atoms with Crippen LogP contribution in [0.4, 0.5) is 0 Å². The third kappa shape index (κ3) is 4.77. The fraction of sp³-hybridized carbons (Fsp3) is 0.235. The number of allylic oxidation sites excluding steroid dienone is 1. The second-order valence-electron chi connectivity index (χ2n) is 5.57. The zero-order valence-corrected chi connectivity index (χ0v) is 17.0. The number of carbonyl (C=O) groups is 5. The number of benzene rings is 1. The highest BCUT2D eigenvalue weighted by Crippen LogP contribution is 2.34. The lowest BCUT2D eigenvalue weighted by atomic mass is 10.0. The molecule has 2 rings (SSSR count). The summed E-state index contributed by atoms with van der Waals surface area (Å²) < 4.78 is 4.81. The van der Waals surface area contributed by atoms with Crippen LogP contribution in [0.3, 0.4) is 0 Å². The van der Waals surface area contributed by atoms with Crippen LogP contribution in [-0.2, 0) is 28.7 Å². The Bertz CT molecular complexity index is 847. The number of ether oxygens (including phenoxy) is 1. The lowest BCUT2D eigenvalue weighted by Gasteiger charge is -2.45. The number of hydrogen-bond acceptors (Lipinski definition) is 8. The molecule has 10 nitrogen and oxygen atoms in total. The number of likely N-dealkylation sites (tertiary alicyclic amines) is 1. The van der Waals surface area contributed by atoms with E-state index in [0.717, 1.165) is 0 Å². The SMILES string of the molecule is O=COC(C(=O)NC1C(=O)N(C(C(=O)O)=C(O)CBr)C1SC=O)c1ccccc1. The molecular formula is C17H15BrN2O8S. The van der Waals surface area contributed by atoms with Crippen LogP contribution in [0.5, 0.6) is 0 Å². The minimum Gasteiger partial charge on any atom is -0.509 e. The van der Waals surface area contributed by atoms with Crippen LogP contribution < -0.4 is 5.32 Å². The van der Waals surface area contributed by atoms with Crippen LogP contribution in [0, 0.1) is 0 Å². The normalized spacial score (nSPS) is 20.0. The Hall–Kier alpha value is -2.86. The molecule has 1 saturated heterocycles. The molecular weight excluding hydrogens is 472 g/mol. The smallest absolute Gasteiger partial charge is 0.356 e. The number of nitrogens with one attached hydrogen (secondary N) is 1. The molecule has 1 aromatic rings. The van der Waals surface area contributed by atoms with Crippen LogP contribution in [0.1, 0.15) is 11.7 Å². The van der Waals surface area contributed by atoms with E-state index >= 15 is 0 Å². The van der Waals surface area contributed by atoms with Crippen LogP contribution in [0.25, 0.3) is 0 Å². The zero-order chi connectivity index (χ0) is 21.6. The van der Waals surface area contributed by atoms with Crippen LogP contribution in [0.2, 0.25) is 0 Å². The van der Waals surface area contributed by atoms with Crippen molar-refractivity contribution in [2.24, 2.45) is 0 Å². The largest absolute Gasteiger partial charge is 0.509 e. The van der Waals surface area contributed by atoms with E-state index in [2.05, 4.69) is 21.2 Å². The Morgan fingerprint density at radius 2 is 1.93 bits per heavy atom. The second kappa shape index (κ2) is 10.1.